The van der Waals surface area contributed by atoms with Crippen LogP contribution < -0.4 is 10.2 Å². The van der Waals surface area contributed by atoms with Gasteiger partial charge in [0.2, 0.25) is 5.91 Å². The molecule has 2 amide bonds. The molecule has 1 aromatic carbocycles. The number of rotatable bonds is 6. The van der Waals surface area contributed by atoms with Crippen molar-refractivity contribution in [1.29, 1.82) is 0 Å². The molecule has 1 atom stereocenters. The minimum atomic E-state index is -0.873. The fraction of sp³-hybridized carbons (Fsp3) is 0.375. The second-order valence-electron chi connectivity index (χ2n) is 8.27. The molecule has 7 nitrogen and oxygen atoms in total. The number of carbonyl (C=O) groups excluding carboxylic acids is 2. The lowest BCUT2D eigenvalue weighted by Gasteiger charge is -2.33. The molecule has 32 heavy (non-hydrogen) atoms. The molecule has 1 N–H and O–H groups in total. The number of nitrogens with zero attached hydrogens (tertiary/aromatic N) is 4. The Morgan fingerprint density at radius 3 is 2.59 bits per heavy atom. The molecular weight excluding hydrogens is 422 g/mol. The second-order valence-corrected chi connectivity index (χ2v) is 8.88. The van der Waals surface area contributed by atoms with Gasteiger partial charge in [-0.2, -0.15) is 0 Å². The van der Waals surface area contributed by atoms with Gasteiger partial charge in [0, 0.05) is 35.1 Å². The highest BCUT2D eigenvalue weighted by atomic mass is 32.1. The van der Waals surface area contributed by atoms with Crippen LogP contribution in [0.5, 0.6) is 0 Å². The standard InChI is InChI=1S/C24H27N5O2S/c1-16-10-11-20(13-17(16)2)29(24(31)21-15-32-28-27-21)22(18-7-6-12-25-14-18)23(30)26-19-8-4-3-5-9-19/h6-7,10-15,19,22H,3-5,8-9H2,1-2H3,(H,26,30)/t22-/m1/s1. The van der Waals surface area contributed by atoms with Crippen molar-refractivity contribution in [1.82, 2.24) is 19.9 Å². The van der Waals surface area contributed by atoms with Gasteiger partial charge in [-0.05, 0) is 67.5 Å². The highest BCUT2D eigenvalue weighted by Crippen LogP contribution is 2.31. The molecule has 3 aromatic rings. The molecule has 2 heterocycles. The van der Waals surface area contributed by atoms with Gasteiger partial charge in [-0.25, -0.2) is 0 Å². The van der Waals surface area contributed by atoms with E-state index in [1.54, 1.807) is 23.8 Å². The van der Waals surface area contributed by atoms with Crippen LogP contribution in [0.3, 0.4) is 0 Å². The molecule has 0 spiro atoms. The summed E-state index contributed by atoms with van der Waals surface area (Å²) in [6, 6.07) is 8.63. The molecule has 2 aromatic heterocycles. The summed E-state index contributed by atoms with van der Waals surface area (Å²) in [5, 5.41) is 8.79. The Labute approximate surface area is 192 Å². The first-order chi connectivity index (χ1) is 15.5. The predicted molar refractivity (Wildman–Crippen MR) is 125 cm³/mol. The van der Waals surface area contributed by atoms with Crippen molar-refractivity contribution < 1.29 is 9.59 Å². The fourth-order valence-electron chi connectivity index (χ4n) is 4.12. The van der Waals surface area contributed by atoms with Gasteiger partial charge in [-0.15, -0.1) is 5.10 Å². The van der Waals surface area contributed by atoms with Crippen molar-refractivity contribution in [2.24, 2.45) is 0 Å². The molecule has 0 radical (unpaired) electrons. The monoisotopic (exact) mass is 449 g/mol. The van der Waals surface area contributed by atoms with Gasteiger partial charge >= 0.3 is 0 Å². The molecular formula is C24H27N5O2S. The van der Waals surface area contributed by atoms with E-state index < -0.39 is 6.04 Å². The Morgan fingerprint density at radius 2 is 1.94 bits per heavy atom. The van der Waals surface area contributed by atoms with Crippen LogP contribution in [0, 0.1) is 13.8 Å². The molecule has 1 saturated carbocycles. The molecule has 8 heteroatoms. The summed E-state index contributed by atoms with van der Waals surface area (Å²) in [6.45, 7) is 4.01. The van der Waals surface area contributed by atoms with E-state index in [-0.39, 0.29) is 23.6 Å². The van der Waals surface area contributed by atoms with E-state index >= 15 is 0 Å². The first-order valence-electron chi connectivity index (χ1n) is 10.9. The topological polar surface area (TPSA) is 88.1 Å². The number of anilines is 1. The number of amides is 2. The van der Waals surface area contributed by atoms with Crippen LogP contribution in [0.1, 0.15) is 65.3 Å². The number of pyridine rings is 1. The van der Waals surface area contributed by atoms with Crippen LogP contribution in [0.25, 0.3) is 0 Å². The van der Waals surface area contributed by atoms with Crippen molar-refractivity contribution in [3.8, 4) is 0 Å². The fourth-order valence-corrected chi connectivity index (χ4v) is 4.55. The highest BCUT2D eigenvalue weighted by Gasteiger charge is 2.35. The quantitative estimate of drug-likeness (QED) is 0.603. The number of hydrogen-bond donors (Lipinski definition) is 1. The molecule has 4 rings (SSSR count). The number of aromatic nitrogens is 3. The van der Waals surface area contributed by atoms with Crippen LogP contribution in [0.4, 0.5) is 5.69 Å². The number of nitrogens with one attached hydrogen (secondary N) is 1. The molecule has 0 unspecified atom stereocenters. The Balaban J connectivity index is 1.79. The van der Waals surface area contributed by atoms with E-state index in [4.69, 9.17) is 0 Å². The minimum Gasteiger partial charge on any atom is -0.351 e. The summed E-state index contributed by atoms with van der Waals surface area (Å²) in [5.74, 6) is -0.575. The number of benzene rings is 1. The summed E-state index contributed by atoms with van der Waals surface area (Å²) in [6.07, 6.45) is 8.62. The number of carbonyl (C=O) groups is 2. The van der Waals surface area contributed by atoms with Crippen LogP contribution in [-0.4, -0.2) is 32.4 Å². The summed E-state index contributed by atoms with van der Waals surface area (Å²) in [7, 11) is 0. The Bertz CT molecular complexity index is 1070. The first kappa shape index (κ1) is 22.1. The van der Waals surface area contributed by atoms with Gasteiger partial charge < -0.3 is 5.32 Å². The summed E-state index contributed by atoms with van der Waals surface area (Å²) < 4.78 is 3.85. The van der Waals surface area contributed by atoms with Gasteiger partial charge in [0.1, 0.15) is 6.04 Å². The molecule has 1 aliphatic rings. The van der Waals surface area contributed by atoms with Crippen LogP contribution in [0.2, 0.25) is 0 Å². The van der Waals surface area contributed by atoms with Gasteiger partial charge in [-0.3, -0.25) is 19.5 Å². The zero-order valence-corrected chi connectivity index (χ0v) is 19.1. The smallest absolute Gasteiger partial charge is 0.280 e. The van der Waals surface area contributed by atoms with E-state index in [1.807, 2.05) is 38.1 Å². The maximum Gasteiger partial charge on any atom is 0.280 e. The van der Waals surface area contributed by atoms with E-state index in [0.29, 0.717) is 11.3 Å². The van der Waals surface area contributed by atoms with E-state index in [2.05, 4.69) is 19.9 Å². The Kier molecular flexibility index (Phi) is 6.90. The first-order valence-corrected chi connectivity index (χ1v) is 11.8. The minimum absolute atomic E-state index is 0.119. The zero-order valence-electron chi connectivity index (χ0n) is 18.3. The largest absolute Gasteiger partial charge is 0.351 e. The average molecular weight is 450 g/mol. The third-order valence-corrected chi connectivity index (χ3v) is 6.53. The van der Waals surface area contributed by atoms with E-state index in [0.717, 1.165) is 48.3 Å². The summed E-state index contributed by atoms with van der Waals surface area (Å²) in [4.78, 5) is 33.1. The van der Waals surface area contributed by atoms with Crippen molar-refractivity contribution in [3.05, 3.63) is 70.5 Å². The van der Waals surface area contributed by atoms with Crippen LogP contribution >= 0.6 is 11.5 Å². The summed E-state index contributed by atoms with van der Waals surface area (Å²) in [5.41, 5.74) is 3.65. The van der Waals surface area contributed by atoms with Crippen molar-refractivity contribution in [3.63, 3.8) is 0 Å². The normalized spacial score (nSPS) is 15.2. The van der Waals surface area contributed by atoms with Crippen molar-refractivity contribution >= 4 is 29.0 Å². The molecule has 1 fully saturated rings. The third kappa shape index (κ3) is 4.85. The van der Waals surface area contributed by atoms with Crippen molar-refractivity contribution in [2.75, 3.05) is 4.90 Å². The molecule has 0 saturated heterocycles. The Morgan fingerprint density at radius 1 is 1.12 bits per heavy atom. The molecule has 0 bridgehead atoms. The van der Waals surface area contributed by atoms with E-state index in [9.17, 15) is 9.59 Å². The molecule has 166 valence electrons. The highest BCUT2D eigenvalue weighted by molar-refractivity contribution is 7.03. The van der Waals surface area contributed by atoms with Crippen LogP contribution in [0.15, 0.2) is 48.1 Å². The third-order valence-electron chi connectivity index (χ3n) is 6.02. The summed E-state index contributed by atoms with van der Waals surface area (Å²) >= 11 is 1.11. The van der Waals surface area contributed by atoms with Crippen LogP contribution in [-0.2, 0) is 4.79 Å². The maximum atomic E-state index is 13.7. The maximum absolute atomic E-state index is 13.7. The van der Waals surface area contributed by atoms with Gasteiger partial charge in [-0.1, -0.05) is 35.9 Å². The molecule has 0 aliphatic heterocycles. The van der Waals surface area contributed by atoms with Gasteiger partial charge in [0.05, 0.1) is 0 Å². The molecule has 1 aliphatic carbocycles. The SMILES string of the molecule is Cc1ccc(N(C(=O)c2csnn2)[C@@H](C(=O)NC2CCCCC2)c2cccnc2)cc1C. The van der Waals surface area contributed by atoms with Gasteiger partial charge in [0.25, 0.3) is 5.91 Å². The number of hydrogen-bond acceptors (Lipinski definition) is 6. The second kappa shape index (κ2) is 9.99. The lowest BCUT2D eigenvalue weighted by molar-refractivity contribution is -0.123. The predicted octanol–water partition coefficient (Wildman–Crippen LogP) is 4.39. The lowest BCUT2D eigenvalue weighted by Crippen LogP contribution is -2.47. The van der Waals surface area contributed by atoms with E-state index in [1.165, 1.54) is 11.3 Å². The van der Waals surface area contributed by atoms with Gasteiger partial charge in [0.15, 0.2) is 5.69 Å². The lowest BCUT2D eigenvalue weighted by atomic mass is 9.94. The zero-order chi connectivity index (χ0) is 22.5. The number of aryl methyl sites for hydroxylation is 2. The average Bonchev–Trinajstić information content (AvgIpc) is 3.35. The Hall–Kier alpha value is -3.13. The van der Waals surface area contributed by atoms with Crippen molar-refractivity contribution in [2.45, 2.75) is 58.0 Å².